The molecule has 0 saturated carbocycles. The number of ether oxygens (including phenoxy) is 2. The van der Waals surface area contributed by atoms with Crippen molar-refractivity contribution in [2.24, 2.45) is 5.92 Å². The van der Waals surface area contributed by atoms with Crippen molar-refractivity contribution in [1.82, 2.24) is 5.32 Å². The molecule has 1 fully saturated rings. The topological polar surface area (TPSA) is 47.6 Å². The third-order valence-electron chi connectivity index (χ3n) is 2.22. The smallest absolute Gasteiger partial charge is 0.325 e. The number of nitrogens with one attached hydrogen (secondary N) is 1. The van der Waals surface area contributed by atoms with E-state index in [1.807, 2.05) is 13.8 Å². The van der Waals surface area contributed by atoms with Crippen molar-refractivity contribution in [3.63, 3.8) is 0 Å². The van der Waals surface area contributed by atoms with Crippen LogP contribution in [0.4, 0.5) is 0 Å². The minimum Gasteiger partial charge on any atom is -0.468 e. The maximum Gasteiger partial charge on any atom is 0.325 e. The molecule has 1 aliphatic heterocycles. The van der Waals surface area contributed by atoms with Crippen LogP contribution in [0.25, 0.3) is 0 Å². The van der Waals surface area contributed by atoms with Gasteiger partial charge in [-0.2, -0.15) is 0 Å². The highest BCUT2D eigenvalue weighted by Gasteiger charge is 2.34. The fourth-order valence-electron chi connectivity index (χ4n) is 1.54. The zero-order valence-corrected chi connectivity index (χ0v) is 8.37. The van der Waals surface area contributed by atoms with E-state index in [4.69, 9.17) is 4.74 Å². The van der Waals surface area contributed by atoms with Crippen LogP contribution in [0.15, 0.2) is 0 Å². The van der Waals surface area contributed by atoms with Gasteiger partial charge in [0.1, 0.15) is 6.04 Å². The molecule has 2 atom stereocenters. The van der Waals surface area contributed by atoms with E-state index in [9.17, 15) is 4.79 Å². The van der Waals surface area contributed by atoms with Crippen molar-refractivity contribution < 1.29 is 14.3 Å². The standard InChI is InChI=1S/C9H17NO3/c1-6(2)8-7(9(11)12-3)10-4-5-13-8/h6-8,10H,4-5H2,1-3H3/t7-,8+/m1/s1. The number of esters is 1. The lowest BCUT2D eigenvalue weighted by Gasteiger charge is -2.33. The Balaban J connectivity index is 2.61. The lowest BCUT2D eigenvalue weighted by molar-refractivity contribution is -0.151. The number of morpholine rings is 1. The first-order valence-electron chi connectivity index (χ1n) is 4.59. The summed E-state index contributed by atoms with van der Waals surface area (Å²) in [6.45, 7) is 5.44. The van der Waals surface area contributed by atoms with Gasteiger partial charge in [-0.25, -0.2) is 0 Å². The van der Waals surface area contributed by atoms with Crippen LogP contribution in [-0.4, -0.2) is 38.4 Å². The van der Waals surface area contributed by atoms with E-state index in [0.29, 0.717) is 19.1 Å². The van der Waals surface area contributed by atoms with Crippen LogP contribution in [0.1, 0.15) is 13.8 Å². The molecule has 1 aliphatic rings. The Kier molecular flexibility index (Phi) is 3.69. The maximum absolute atomic E-state index is 11.3. The van der Waals surface area contributed by atoms with Crippen LogP contribution >= 0.6 is 0 Å². The van der Waals surface area contributed by atoms with E-state index in [0.717, 1.165) is 0 Å². The zero-order chi connectivity index (χ0) is 9.84. The van der Waals surface area contributed by atoms with Gasteiger partial charge in [-0.15, -0.1) is 0 Å². The van der Waals surface area contributed by atoms with Gasteiger partial charge in [-0.1, -0.05) is 13.8 Å². The predicted molar refractivity (Wildman–Crippen MR) is 48.4 cm³/mol. The average Bonchev–Trinajstić information content (AvgIpc) is 2.16. The molecule has 1 saturated heterocycles. The first kappa shape index (κ1) is 10.5. The molecule has 0 aromatic rings. The SMILES string of the molecule is COC(=O)[C@@H]1NCCO[C@H]1C(C)C. The average molecular weight is 187 g/mol. The maximum atomic E-state index is 11.3. The molecule has 0 unspecified atom stereocenters. The normalized spacial score (nSPS) is 28.9. The molecule has 0 aromatic carbocycles. The molecule has 1 heterocycles. The van der Waals surface area contributed by atoms with Gasteiger partial charge >= 0.3 is 5.97 Å². The van der Waals surface area contributed by atoms with E-state index < -0.39 is 0 Å². The molecule has 76 valence electrons. The van der Waals surface area contributed by atoms with Crippen LogP contribution in [0, 0.1) is 5.92 Å². The molecule has 4 nitrogen and oxygen atoms in total. The summed E-state index contributed by atoms with van der Waals surface area (Å²) in [5.41, 5.74) is 0. The van der Waals surface area contributed by atoms with Crippen LogP contribution in [-0.2, 0) is 14.3 Å². The Morgan fingerprint density at radius 3 is 2.85 bits per heavy atom. The summed E-state index contributed by atoms with van der Waals surface area (Å²) < 4.78 is 10.2. The van der Waals surface area contributed by atoms with Crippen molar-refractivity contribution in [3.05, 3.63) is 0 Å². The second kappa shape index (κ2) is 4.58. The number of carbonyl (C=O) groups is 1. The summed E-state index contributed by atoms with van der Waals surface area (Å²) >= 11 is 0. The number of rotatable bonds is 2. The summed E-state index contributed by atoms with van der Waals surface area (Å²) in [6, 6.07) is -0.307. The molecule has 0 spiro atoms. The van der Waals surface area contributed by atoms with Crippen molar-refractivity contribution in [2.75, 3.05) is 20.3 Å². The predicted octanol–water partition coefficient (Wildman–Crippen LogP) is 0.172. The van der Waals surface area contributed by atoms with Gasteiger partial charge in [0.05, 0.1) is 19.8 Å². The quantitative estimate of drug-likeness (QED) is 0.626. The highest BCUT2D eigenvalue weighted by Crippen LogP contribution is 2.15. The molecular formula is C9H17NO3. The number of hydrogen-bond donors (Lipinski definition) is 1. The fourth-order valence-corrected chi connectivity index (χ4v) is 1.54. The molecule has 0 aliphatic carbocycles. The highest BCUT2D eigenvalue weighted by atomic mass is 16.5. The van der Waals surface area contributed by atoms with Gasteiger partial charge in [-0.3, -0.25) is 10.1 Å². The van der Waals surface area contributed by atoms with Gasteiger partial charge in [0.15, 0.2) is 0 Å². The first-order valence-corrected chi connectivity index (χ1v) is 4.59. The minimum absolute atomic E-state index is 0.0683. The van der Waals surface area contributed by atoms with Gasteiger partial charge in [0.25, 0.3) is 0 Å². The largest absolute Gasteiger partial charge is 0.468 e. The summed E-state index contributed by atoms with van der Waals surface area (Å²) in [7, 11) is 1.40. The van der Waals surface area contributed by atoms with E-state index in [1.165, 1.54) is 7.11 Å². The van der Waals surface area contributed by atoms with Crippen LogP contribution < -0.4 is 5.32 Å². The zero-order valence-electron chi connectivity index (χ0n) is 8.37. The lowest BCUT2D eigenvalue weighted by atomic mass is 9.98. The Labute approximate surface area is 78.6 Å². The third kappa shape index (κ3) is 2.42. The van der Waals surface area contributed by atoms with E-state index in [1.54, 1.807) is 0 Å². The summed E-state index contributed by atoms with van der Waals surface area (Å²) in [6.07, 6.45) is -0.0683. The summed E-state index contributed by atoms with van der Waals surface area (Å²) in [5.74, 6) is 0.0790. The van der Waals surface area contributed by atoms with Gasteiger partial charge < -0.3 is 9.47 Å². The van der Waals surface area contributed by atoms with Gasteiger partial charge in [-0.05, 0) is 5.92 Å². The molecule has 0 radical (unpaired) electrons. The van der Waals surface area contributed by atoms with E-state index >= 15 is 0 Å². The van der Waals surface area contributed by atoms with Crippen LogP contribution in [0.5, 0.6) is 0 Å². The fraction of sp³-hybridized carbons (Fsp3) is 0.889. The van der Waals surface area contributed by atoms with E-state index in [2.05, 4.69) is 10.1 Å². The highest BCUT2D eigenvalue weighted by molar-refractivity contribution is 5.76. The molecule has 0 amide bonds. The molecule has 13 heavy (non-hydrogen) atoms. The third-order valence-corrected chi connectivity index (χ3v) is 2.22. The first-order chi connectivity index (χ1) is 6.16. The van der Waals surface area contributed by atoms with Crippen molar-refractivity contribution >= 4 is 5.97 Å². The molecule has 1 N–H and O–H groups in total. The molecule has 4 heteroatoms. The molecule has 1 rings (SSSR count). The van der Waals surface area contributed by atoms with Crippen LogP contribution in [0.2, 0.25) is 0 Å². The van der Waals surface area contributed by atoms with Gasteiger partial charge in [0, 0.05) is 6.54 Å². The van der Waals surface area contributed by atoms with Crippen molar-refractivity contribution in [2.45, 2.75) is 26.0 Å². The Morgan fingerprint density at radius 1 is 1.62 bits per heavy atom. The summed E-state index contributed by atoms with van der Waals surface area (Å²) in [4.78, 5) is 11.3. The molecule has 0 bridgehead atoms. The molecular weight excluding hydrogens is 170 g/mol. The second-order valence-electron chi connectivity index (χ2n) is 3.53. The number of methoxy groups -OCH3 is 1. The Hall–Kier alpha value is -0.610. The number of hydrogen-bond acceptors (Lipinski definition) is 4. The summed E-state index contributed by atoms with van der Waals surface area (Å²) in [5, 5.41) is 3.10. The number of carbonyl (C=O) groups excluding carboxylic acids is 1. The van der Waals surface area contributed by atoms with Crippen LogP contribution in [0.3, 0.4) is 0 Å². The minimum atomic E-state index is -0.307. The van der Waals surface area contributed by atoms with Gasteiger partial charge in [0.2, 0.25) is 0 Å². The Bertz CT molecular complexity index is 182. The monoisotopic (exact) mass is 187 g/mol. The van der Waals surface area contributed by atoms with Crippen molar-refractivity contribution in [1.29, 1.82) is 0 Å². The molecule has 0 aromatic heterocycles. The lowest BCUT2D eigenvalue weighted by Crippen LogP contribution is -2.55. The van der Waals surface area contributed by atoms with E-state index in [-0.39, 0.29) is 18.1 Å². The van der Waals surface area contributed by atoms with Crippen molar-refractivity contribution in [3.8, 4) is 0 Å². The second-order valence-corrected chi connectivity index (χ2v) is 3.53. The Morgan fingerprint density at radius 2 is 2.31 bits per heavy atom.